The Morgan fingerprint density at radius 2 is 2.00 bits per heavy atom. The molecule has 0 spiro atoms. The minimum atomic E-state index is -0.467. The maximum Gasteiger partial charge on any atom is 0.318 e. The first kappa shape index (κ1) is 18.3. The van der Waals surface area contributed by atoms with Crippen LogP contribution in [0.15, 0.2) is 30.3 Å². The standard InChI is InChI=1S/C18H27N3O3/c1-14(2)24-13-7-10-19-18(23)20-11-12-21(17(22)15(20)3)16-8-5-4-6-9-16/h4-6,8-9,14-15H,7,10-13H2,1-3H3,(H,19,23). The molecule has 1 unspecified atom stereocenters. The lowest BCUT2D eigenvalue weighted by atomic mass is 10.1. The summed E-state index contributed by atoms with van der Waals surface area (Å²) in [6, 6.07) is 8.91. The number of ether oxygens (including phenoxy) is 1. The third kappa shape index (κ3) is 4.71. The molecular weight excluding hydrogens is 306 g/mol. The van der Waals surface area contributed by atoms with E-state index in [0.29, 0.717) is 26.2 Å². The van der Waals surface area contributed by atoms with Crippen LogP contribution in [0.2, 0.25) is 0 Å². The van der Waals surface area contributed by atoms with Crippen LogP contribution in [0.25, 0.3) is 0 Å². The highest BCUT2D eigenvalue weighted by molar-refractivity contribution is 5.99. The lowest BCUT2D eigenvalue weighted by molar-refractivity contribution is -0.124. The van der Waals surface area contributed by atoms with Crippen molar-refractivity contribution in [3.8, 4) is 0 Å². The van der Waals surface area contributed by atoms with Crippen molar-refractivity contribution in [2.24, 2.45) is 0 Å². The van der Waals surface area contributed by atoms with Gasteiger partial charge in [-0.15, -0.1) is 0 Å². The highest BCUT2D eigenvalue weighted by Crippen LogP contribution is 2.19. The van der Waals surface area contributed by atoms with Crippen molar-refractivity contribution in [3.63, 3.8) is 0 Å². The first-order chi connectivity index (χ1) is 11.5. The third-order valence-corrected chi connectivity index (χ3v) is 4.03. The normalized spacial score (nSPS) is 18.2. The summed E-state index contributed by atoms with van der Waals surface area (Å²) < 4.78 is 5.44. The molecule has 0 radical (unpaired) electrons. The summed E-state index contributed by atoms with van der Waals surface area (Å²) in [6.45, 7) is 7.95. The number of carbonyl (C=O) groups excluding carboxylic acids is 2. The average Bonchev–Trinajstić information content (AvgIpc) is 2.57. The van der Waals surface area contributed by atoms with Gasteiger partial charge < -0.3 is 19.9 Å². The topological polar surface area (TPSA) is 61.9 Å². The minimum absolute atomic E-state index is 0.0502. The largest absolute Gasteiger partial charge is 0.379 e. The van der Waals surface area contributed by atoms with E-state index in [4.69, 9.17) is 4.74 Å². The molecule has 1 aliphatic heterocycles. The fraction of sp³-hybridized carbons (Fsp3) is 0.556. The number of carbonyl (C=O) groups is 2. The van der Waals surface area contributed by atoms with Crippen molar-refractivity contribution in [2.45, 2.75) is 39.3 Å². The van der Waals surface area contributed by atoms with Crippen molar-refractivity contribution in [1.29, 1.82) is 0 Å². The molecule has 1 fully saturated rings. The molecule has 132 valence electrons. The molecular formula is C18H27N3O3. The van der Waals surface area contributed by atoms with Gasteiger partial charge in [-0.2, -0.15) is 0 Å². The molecule has 1 heterocycles. The molecule has 3 amide bonds. The van der Waals surface area contributed by atoms with Crippen LogP contribution in [-0.4, -0.2) is 55.2 Å². The first-order valence-electron chi connectivity index (χ1n) is 8.53. The van der Waals surface area contributed by atoms with E-state index in [1.807, 2.05) is 44.2 Å². The van der Waals surface area contributed by atoms with Gasteiger partial charge in [0.1, 0.15) is 6.04 Å². The number of anilines is 1. The van der Waals surface area contributed by atoms with Crippen LogP contribution in [0.4, 0.5) is 10.5 Å². The predicted octanol–water partition coefficient (Wildman–Crippen LogP) is 2.25. The van der Waals surface area contributed by atoms with Gasteiger partial charge in [0.25, 0.3) is 0 Å². The number of piperazine rings is 1. The summed E-state index contributed by atoms with van der Waals surface area (Å²) >= 11 is 0. The Bertz CT molecular complexity index is 548. The number of amides is 3. The Hall–Kier alpha value is -2.08. The zero-order valence-corrected chi connectivity index (χ0v) is 14.7. The zero-order chi connectivity index (χ0) is 17.5. The first-order valence-corrected chi connectivity index (χ1v) is 8.53. The van der Waals surface area contributed by atoms with Crippen molar-refractivity contribution >= 4 is 17.6 Å². The Kier molecular flexibility index (Phi) is 6.61. The molecule has 1 aromatic carbocycles. The summed E-state index contributed by atoms with van der Waals surface area (Å²) in [5.74, 6) is -0.0502. The molecule has 0 saturated carbocycles. The van der Waals surface area contributed by atoms with E-state index in [1.54, 1.807) is 16.7 Å². The van der Waals surface area contributed by atoms with Crippen LogP contribution in [0.5, 0.6) is 0 Å². The average molecular weight is 333 g/mol. The number of hydrogen-bond acceptors (Lipinski definition) is 3. The van der Waals surface area contributed by atoms with Gasteiger partial charge >= 0.3 is 6.03 Å². The number of benzene rings is 1. The maximum atomic E-state index is 12.6. The highest BCUT2D eigenvalue weighted by Gasteiger charge is 2.34. The van der Waals surface area contributed by atoms with Crippen molar-refractivity contribution in [2.75, 3.05) is 31.1 Å². The number of nitrogens with one attached hydrogen (secondary N) is 1. The number of para-hydroxylation sites is 1. The third-order valence-electron chi connectivity index (χ3n) is 4.03. The lowest BCUT2D eigenvalue weighted by Crippen LogP contribution is -2.59. The molecule has 0 bridgehead atoms. The highest BCUT2D eigenvalue weighted by atomic mass is 16.5. The van der Waals surface area contributed by atoms with Crippen molar-refractivity contribution in [1.82, 2.24) is 10.2 Å². The van der Waals surface area contributed by atoms with E-state index < -0.39 is 6.04 Å². The number of urea groups is 1. The van der Waals surface area contributed by atoms with Gasteiger partial charge in [0.15, 0.2) is 0 Å². The number of hydrogen-bond donors (Lipinski definition) is 1. The van der Waals surface area contributed by atoms with Gasteiger partial charge in [0, 0.05) is 31.9 Å². The summed E-state index contributed by atoms with van der Waals surface area (Å²) in [7, 11) is 0. The smallest absolute Gasteiger partial charge is 0.318 e. The van der Waals surface area contributed by atoms with Crippen molar-refractivity contribution < 1.29 is 14.3 Å². The van der Waals surface area contributed by atoms with Crippen LogP contribution < -0.4 is 10.2 Å². The quantitative estimate of drug-likeness (QED) is 0.812. The minimum Gasteiger partial charge on any atom is -0.379 e. The second kappa shape index (κ2) is 8.68. The van der Waals surface area contributed by atoms with Crippen LogP contribution in [0, 0.1) is 0 Å². The fourth-order valence-electron chi connectivity index (χ4n) is 2.70. The summed E-state index contributed by atoms with van der Waals surface area (Å²) in [6.07, 6.45) is 0.959. The summed E-state index contributed by atoms with van der Waals surface area (Å²) in [5, 5.41) is 2.87. The van der Waals surface area contributed by atoms with Crippen LogP contribution in [-0.2, 0) is 9.53 Å². The van der Waals surface area contributed by atoms with Gasteiger partial charge in [-0.3, -0.25) is 4.79 Å². The molecule has 1 N–H and O–H groups in total. The molecule has 6 heteroatoms. The maximum absolute atomic E-state index is 12.6. The predicted molar refractivity (Wildman–Crippen MR) is 94.1 cm³/mol. The van der Waals surface area contributed by atoms with E-state index in [2.05, 4.69) is 5.32 Å². The Morgan fingerprint density at radius 3 is 2.67 bits per heavy atom. The van der Waals surface area contributed by atoms with E-state index >= 15 is 0 Å². The lowest BCUT2D eigenvalue weighted by Gasteiger charge is -2.39. The van der Waals surface area contributed by atoms with E-state index in [9.17, 15) is 9.59 Å². The van der Waals surface area contributed by atoms with Crippen LogP contribution in [0.3, 0.4) is 0 Å². The molecule has 1 aromatic rings. The second-order valence-corrected chi connectivity index (χ2v) is 6.20. The molecule has 1 saturated heterocycles. The monoisotopic (exact) mass is 333 g/mol. The van der Waals surface area contributed by atoms with Gasteiger partial charge in [0.05, 0.1) is 6.10 Å². The Labute approximate surface area is 143 Å². The fourth-order valence-corrected chi connectivity index (χ4v) is 2.70. The van der Waals surface area contributed by atoms with Crippen LogP contribution in [0.1, 0.15) is 27.2 Å². The van der Waals surface area contributed by atoms with Crippen molar-refractivity contribution in [3.05, 3.63) is 30.3 Å². The molecule has 1 atom stereocenters. The van der Waals surface area contributed by atoms with E-state index in [-0.39, 0.29) is 18.0 Å². The number of nitrogens with zero attached hydrogens (tertiary/aromatic N) is 2. The SMILES string of the molecule is CC(C)OCCCNC(=O)N1CCN(c2ccccc2)C(=O)C1C. The Morgan fingerprint density at radius 1 is 1.29 bits per heavy atom. The van der Waals surface area contributed by atoms with Gasteiger partial charge in [-0.25, -0.2) is 4.79 Å². The second-order valence-electron chi connectivity index (χ2n) is 6.20. The van der Waals surface area contributed by atoms with Gasteiger partial charge in [-0.1, -0.05) is 18.2 Å². The molecule has 0 aromatic heterocycles. The zero-order valence-electron chi connectivity index (χ0n) is 14.7. The summed E-state index contributed by atoms with van der Waals surface area (Å²) in [5.41, 5.74) is 0.875. The van der Waals surface area contributed by atoms with E-state index in [0.717, 1.165) is 12.1 Å². The summed E-state index contributed by atoms with van der Waals surface area (Å²) in [4.78, 5) is 28.2. The van der Waals surface area contributed by atoms with Gasteiger partial charge in [-0.05, 0) is 39.3 Å². The van der Waals surface area contributed by atoms with E-state index in [1.165, 1.54) is 0 Å². The van der Waals surface area contributed by atoms with Crippen LogP contribution >= 0.6 is 0 Å². The van der Waals surface area contributed by atoms with Gasteiger partial charge in [0.2, 0.25) is 5.91 Å². The number of rotatable bonds is 6. The molecule has 24 heavy (non-hydrogen) atoms. The Balaban J connectivity index is 1.83. The molecule has 2 rings (SSSR count). The molecule has 1 aliphatic rings. The molecule has 0 aliphatic carbocycles. The molecule has 6 nitrogen and oxygen atoms in total.